The van der Waals surface area contributed by atoms with Gasteiger partial charge in [-0.05, 0) is 11.6 Å². The highest BCUT2D eigenvalue weighted by atomic mass is 16.6. The van der Waals surface area contributed by atoms with E-state index in [0.717, 1.165) is 5.56 Å². The Hall–Kier alpha value is -2.65. The fourth-order valence-electron chi connectivity index (χ4n) is 3.03. The van der Waals surface area contributed by atoms with Crippen molar-refractivity contribution in [3.8, 4) is 0 Å². The van der Waals surface area contributed by atoms with Crippen LogP contribution >= 0.6 is 0 Å². The molecule has 1 aliphatic heterocycles. The molecule has 2 aromatic heterocycles. The number of benzene rings is 1. The van der Waals surface area contributed by atoms with Crippen molar-refractivity contribution in [1.29, 1.82) is 0 Å². The molecule has 8 heteroatoms. The molecule has 1 fully saturated rings. The van der Waals surface area contributed by atoms with Crippen LogP contribution in [0.1, 0.15) is 17.5 Å². The predicted molar refractivity (Wildman–Crippen MR) is 93.7 cm³/mol. The molecular formula is C18H18N4O4. The second kappa shape index (κ2) is 6.93. The molecule has 3 N–H and O–H groups in total. The zero-order valence-electron chi connectivity index (χ0n) is 13.8. The summed E-state index contributed by atoms with van der Waals surface area (Å²) < 4.78 is 7.09. The average Bonchev–Trinajstić information content (AvgIpc) is 3.23. The Labute approximate surface area is 149 Å². The van der Waals surface area contributed by atoms with E-state index >= 15 is 0 Å². The molecule has 26 heavy (non-hydrogen) atoms. The van der Waals surface area contributed by atoms with Gasteiger partial charge in [-0.3, -0.25) is 4.57 Å². The van der Waals surface area contributed by atoms with Crippen LogP contribution in [0.5, 0.6) is 0 Å². The Morgan fingerprint density at radius 3 is 2.58 bits per heavy atom. The van der Waals surface area contributed by atoms with Crippen LogP contribution in [-0.4, -0.2) is 59.8 Å². The number of nitrogens with zero attached hydrogens (tertiary/aromatic N) is 4. The predicted octanol–water partition coefficient (Wildman–Crippen LogP) is 0.608. The average molecular weight is 354 g/mol. The number of hydrogen-bond acceptors (Lipinski definition) is 7. The van der Waals surface area contributed by atoms with Crippen molar-refractivity contribution in [2.75, 3.05) is 6.61 Å². The van der Waals surface area contributed by atoms with E-state index in [2.05, 4.69) is 15.0 Å². The third kappa shape index (κ3) is 2.89. The Balaban J connectivity index is 1.69. The van der Waals surface area contributed by atoms with Crippen LogP contribution in [0.2, 0.25) is 0 Å². The van der Waals surface area contributed by atoms with Gasteiger partial charge in [-0.2, -0.15) is 0 Å². The third-order valence-electron chi connectivity index (χ3n) is 4.41. The highest BCUT2D eigenvalue weighted by molar-refractivity contribution is 5.84. The number of ether oxygens (including phenoxy) is 1. The van der Waals surface area contributed by atoms with Gasteiger partial charge in [0.2, 0.25) is 0 Å². The maximum Gasteiger partial charge on any atom is 0.166 e. The van der Waals surface area contributed by atoms with Crippen LogP contribution in [0.3, 0.4) is 0 Å². The largest absolute Gasteiger partial charge is 0.394 e. The lowest BCUT2D eigenvalue weighted by Crippen LogP contribution is -2.33. The van der Waals surface area contributed by atoms with Gasteiger partial charge in [0, 0.05) is 0 Å². The van der Waals surface area contributed by atoms with Crippen LogP contribution in [0.15, 0.2) is 43.0 Å². The first kappa shape index (κ1) is 16.8. The fourth-order valence-corrected chi connectivity index (χ4v) is 3.03. The Morgan fingerprint density at radius 1 is 1.04 bits per heavy atom. The molecule has 0 radical (unpaired) electrons. The second-order valence-corrected chi connectivity index (χ2v) is 6.06. The van der Waals surface area contributed by atoms with Gasteiger partial charge in [0.1, 0.15) is 30.2 Å². The molecule has 3 heterocycles. The molecule has 0 spiro atoms. The van der Waals surface area contributed by atoms with Gasteiger partial charge in [0.05, 0.1) is 18.6 Å². The molecule has 0 amide bonds. The summed E-state index contributed by atoms with van der Waals surface area (Å²) in [7, 11) is 0. The Kier molecular flexibility index (Phi) is 4.48. The Morgan fingerprint density at radius 2 is 1.85 bits per heavy atom. The monoisotopic (exact) mass is 354 g/mol. The minimum atomic E-state index is -1.19. The summed E-state index contributed by atoms with van der Waals surface area (Å²) in [6, 6.07) is 9.81. The maximum absolute atomic E-state index is 10.2. The van der Waals surface area contributed by atoms with Crippen molar-refractivity contribution in [1.82, 2.24) is 19.5 Å². The van der Waals surface area contributed by atoms with Gasteiger partial charge in [-0.25, -0.2) is 15.0 Å². The molecule has 0 unspecified atom stereocenters. The molecule has 4 atom stereocenters. The number of aromatic nitrogens is 4. The SMILES string of the molecule is OC[C@H]1O[C@@H](n2cnc3c(/C=C/c4ccccc4)ncnc32)[C@H](O)[C@@H]1O. The minimum absolute atomic E-state index is 0.387. The van der Waals surface area contributed by atoms with E-state index in [1.54, 1.807) is 4.57 Å². The van der Waals surface area contributed by atoms with E-state index in [4.69, 9.17) is 4.74 Å². The number of hydrogen-bond donors (Lipinski definition) is 3. The highest BCUT2D eigenvalue weighted by Gasteiger charge is 2.43. The number of imidazole rings is 1. The molecule has 4 rings (SSSR count). The van der Waals surface area contributed by atoms with E-state index in [0.29, 0.717) is 16.9 Å². The fraction of sp³-hybridized carbons (Fsp3) is 0.278. The third-order valence-corrected chi connectivity index (χ3v) is 4.41. The highest BCUT2D eigenvalue weighted by Crippen LogP contribution is 2.31. The molecule has 1 saturated heterocycles. The van der Waals surface area contributed by atoms with Gasteiger partial charge < -0.3 is 20.1 Å². The van der Waals surface area contributed by atoms with Crippen molar-refractivity contribution in [3.05, 3.63) is 54.2 Å². The molecule has 0 bridgehead atoms. The summed E-state index contributed by atoms with van der Waals surface area (Å²) in [5.74, 6) is 0. The maximum atomic E-state index is 10.2. The standard InChI is InChI=1S/C18H18N4O4/c23-8-13-15(24)16(25)18(26-13)22-10-21-14-12(19-9-20-17(14)22)7-6-11-4-2-1-3-5-11/h1-7,9-10,13,15-16,18,23-25H,8H2/b7-6+/t13-,15-,16-,18-/m1/s1. The summed E-state index contributed by atoms with van der Waals surface area (Å²) in [6.45, 7) is -0.387. The van der Waals surface area contributed by atoms with E-state index in [1.165, 1.54) is 12.7 Å². The van der Waals surface area contributed by atoms with E-state index in [9.17, 15) is 15.3 Å². The summed E-state index contributed by atoms with van der Waals surface area (Å²) in [6.07, 6.45) is 2.55. The van der Waals surface area contributed by atoms with E-state index in [1.807, 2.05) is 42.5 Å². The van der Waals surface area contributed by atoms with Crippen molar-refractivity contribution < 1.29 is 20.1 Å². The van der Waals surface area contributed by atoms with Gasteiger partial charge in [0.15, 0.2) is 11.9 Å². The van der Waals surface area contributed by atoms with Gasteiger partial charge in [-0.15, -0.1) is 0 Å². The quantitative estimate of drug-likeness (QED) is 0.629. The van der Waals surface area contributed by atoms with Crippen molar-refractivity contribution in [3.63, 3.8) is 0 Å². The molecule has 1 aromatic carbocycles. The zero-order valence-corrected chi connectivity index (χ0v) is 13.8. The van der Waals surface area contributed by atoms with Crippen LogP contribution in [-0.2, 0) is 4.74 Å². The molecular weight excluding hydrogens is 336 g/mol. The lowest BCUT2D eigenvalue weighted by Gasteiger charge is -2.16. The topological polar surface area (TPSA) is 114 Å². The first-order valence-electron chi connectivity index (χ1n) is 8.22. The molecule has 134 valence electrons. The smallest absolute Gasteiger partial charge is 0.166 e. The van der Waals surface area contributed by atoms with Gasteiger partial charge in [-0.1, -0.05) is 36.4 Å². The number of fused-ring (bicyclic) bond motifs is 1. The van der Waals surface area contributed by atoms with E-state index in [-0.39, 0.29) is 6.61 Å². The molecule has 8 nitrogen and oxygen atoms in total. The summed E-state index contributed by atoms with van der Waals surface area (Å²) in [5, 5.41) is 29.4. The van der Waals surface area contributed by atoms with Crippen molar-refractivity contribution in [2.24, 2.45) is 0 Å². The van der Waals surface area contributed by atoms with Crippen molar-refractivity contribution >= 4 is 23.3 Å². The first-order chi connectivity index (χ1) is 12.7. The van der Waals surface area contributed by atoms with E-state index < -0.39 is 24.5 Å². The normalized spacial score (nSPS) is 26.1. The molecule has 0 aliphatic carbocycles. The molecule has 1 aliphatic rings. The van der Waals surface area contributed by atoms with Crippen LogP contribution in [0.25, 0.3) is 23.3 Å². The lowest BCUT2D eigenvalue weighted by atomic mass is 10.1. The van der Waals surface area contributed by atoms with Crippen molar-refractivity contribution in [2.45, 2.75) is 24.5 Å². The molecule has 0 saturated carbocycles. The van der Waals surface area contributed by atoms with Gasteiger partial charge >= 0.3 is 0 Å². The minimum Gasteiger partial charge on any atom is -0.394 e. The second-order valence-electron chi connectivity index (χ2n) is 6.06. The number of rotatable bonds is 4. The lowest BCUT2D eigenvalue weighted by molar-refractivity contribution is -0.0511. The van der Waals surface area contributed by atoms with Crippen LogP contribution in [0.4, 0.5) is 0 Å². The van der Waals surface area contributed by atoms with Gasteiger partial charge in [0.25, 0.3) is 0 Å². The van der Waals surface area contributed by atoms with Crippen LogP contribution in [0, 0.1) is 0 Å². The first-order valence-corrected chi connectivity index (χ1v) is 8.22. The number of aliphatic hydroxyl groups excluding tert-OH is 3. The summed E-state index contributed by atoms with van der Waals surface area (Å²) in [4.78, 5) is 12.8. The Bertz CT molecular complexity index is 927. The zero-order chi connectivity index (χ0) is 18.1. The summed E-state index contributed by atoms with van der Waals surface area (Å²) in [5.41, 5.74) is 2.69. The summed E-state index contributed by atoms with van der Waals surface area (Å²) >= 11 is 0. The van der Waals surface area contributed by atoms with Crippen LogP contribution < -0.4 is 0 Å². The number of aliphatic hydroxyl groups is 3. The molecule has 3 aromatic rings.